The molecule has 1 N–H and O–H groups in total. The fraction of sp³-hybridized carbons (Fsp3) is 0.292. The van der Waals surface area contributed by atoms with E-state index in [0.717, 1.165) is 23.2 Å². The zero-order chi connectivity index (χ0) is 20.0. The Morgan fingerprint density at radius 3 is 2.76 bits per heavy atom. The van der Waals surface area contributed by atoms with E-state index in [2.05, 4.69) is 17.1 Å². The van der Waals surface area contributed by atoms with Crippen LogP contribution in [0.1, 0.15) is 34.7 Å². The summed E-state index contributed by atoms with van der Waals surface area (Å²) in [5, 5.41) is 0. The summed E-state index contributed by atoms with van der Waals surface area (Å²) in [7, 11) is 0. The van der Waals surface area contributed by atoms with Gasteiger partial charge in [-0.15, -0.1) is 0 Å². The van der Waals surface area contributed by atoms with E-state index in [1.165, 1.54) is 5.56 Å². The molecule has 0 bridgehead atoms. The quantitative estimate of drug-likeness (QED) is 0.751. The molecule has 1 aliphatic carbocycles. The third kappa shape index (κ3) is 3.37. The van der Waals surface area contributed by atoms with Crippen molar-refractivity contribution in [2.75, 3.05) is 6.54 Å². The van der Waals surface area contributed by atoms with Crippen LogP contribution < -0.4 is 5.56 Å². The van der Waals surface area contributed by atoms with Gasteiger partial charge >= 0.3 is 0 Å². The normalized spacial score (nSPS) is 20.2. The number of hydrogen-bond acceptors (Lipinski definition) is 3. The molecule has 0 radical (unpaired) electrons. The number of amides is 1. The Kier molecular flexibility index (Phi) is 4.31. The predicted molar refractivity (Wildman–Crippen MR) is 111 cm³/mol. The number of carbonyl (C=O) groups excluding carboxylic acids is 1. The molecule has 29 heavy (non-hydrogen) atoms. The summed E-state index contributed by atoms with van der Waals surface area (Å²) >= 11 is 0. The number of aryl methyl sites for hydroxylation is 1. The number of nitrogens with zero attached hydrogens (tertiary/aromatic N) is 2. The number of hydrogen-bond donors (Lipinski definition) is 1. The van der Waals surface area contributed by atoms with Crippen LogP contribution in [-0.2, 0) is 17.8 Å². The van der Waals surface area contributed by atoms with Gasteiger partial charge in [-0.25, -0.2) is 4.98 Å². The SMILES string of the molecule is Cc1cccc(-c2nc3c(c(=O)[nH]2)CN(C(=O)[C@H]2C[C@H]2c2ccccc2)CC3)c1. The molecule has 2 heterocycles. The average molecular weight is 385 g/mol. The molecule has 5 rings (SSSR count). The predicted octanol–water partition coefficient (Wildman–Crippen LogP) is 3.43. The molecule has 0 spiro atoms. The third-order valence-electron chi connectivity index (χ3n) is 6.01. The molecule has 1 fully saturated rings. The van der Waals surface area contributed by atoms with E-state index in [1.54, 1.807) is 0 Å². The largest absolute Gasteiger partial charge is 0.337 e. The van der Waals surface area contributed by atoms with Gasteiger partial charge in [0.15, 0.2) is 0 Å². The van der Waals surface area contributed by atoms with Crippen molar-refractivity contribution in [3.63, 3.8) is 0 Å². The van der Waals surface area contributed by atoms with Crippen LogP contribution in [0.25, 0.3) is 11.4 Å². The smallest absolute Gasteiger partial charge is 0.256 e. The van der Waals surface area contributed by atoms with Crippen molar-refractivity contribution < 1.29 is 4.79 Å². The fourth-order valence-electron chi connectivity index (χ4n) is 4.31. The van der Waals surface area contributed by atoms with Crippen LogP contribution in [0.15, 0.2) is 59.4 Å². The molecule has 2 atom stereocenters. The number of rotatable bonds is 3. The zero-order valence-corrected chi connectivity index (χ0v) is 16.4. The van der Waals surface area contributed by atoms with Gasteiger partial charge in [0.1, 0.15) is 5.82 Å². The summed E-state index contributed by atoms with van der Waals surface area (Å²) in [6, 6.07) is 18.2. The first-order valence-electron chi connectivity index (χ1n) is 10.1. The summed E-state index contributed by atoms with van der Waals surface area (Å²) < 4.78 is 0. The first-order valence-corrected chi connectivity index (χ1v) is 10.1. The molecule has 0 saturated heterocycles. The van der Waals surface area contributed by atoms with Crippen molar-refractivity contribution in [3.8, 4) is 11.4 Å². The fourth-order valence-corrected chi connectivity index (χ4v) is 4.31. The van der Waals surface area contributed by atoms with Gasteiger partial charge in [-0.2, -0.15) is 0 Å². The molecule has 1 amide bonds. The van der Waals surface area contributed by atoms with Gasteiger partial charge in [-0.05, 0) is 30.9 Å². The van der Waals surface area contributed by atoms with Gasteiger partial charge in [0.25, 0.3) is 5.56 Å². The molecule has 5 heteroatoms. The van der Waals surface area contributed by atoms with Crippen LogP contribution in [0.2, 0.25) is 0 Å². The maximum atomic E-state index is 13.0. The molecule has 1 aliphatic heterocycles. The van der Waals surface area contributed by atoms with Gasteiger partial charge in [-0.1, -0.05) is 54.1 Å². The molecule has 1 saturated carbocycles. The van der Waals surface area contributed by atoms with E-state index in [9.17, 15) is 9.59 Å². The lowest BCUT2D eigenvalue weighted by Gasteiger charge is -2.28. The Labute approximate surface area is 169 Å². The number of aromatic nitrogens is 2. The first-order chi connectivity index (χ1) is 14.1. The van der Waals surface area contributed by atoms with Crippen LogP contribution in [0.3, 0.4) is 0 Å². The van der Waals surface area contributed by atoms with Crippen molar-refractivity contribution in [3.05, 3.63) is 87.3 Å². The highest BCUT2D eigenvalue weighted by atomic mass is 16.2. The van der Waals surface area contributed by atoms with E-state index in [-0.39, 0.29) is 17.4 Å². The van der Waals surface area contributed by atoms with Crippen LogP contribution in [0.5, 0.6) is 0 Å². The summed E-state index contributed by atoms with van der Waals surface area (Å²) in [6.07, 6.45) is 1.51. The van der Waals surface area contributed by atoms with Gasteiger partial charge in [-0.3, -0.25) is 9.59 Å². The topological polar surface area (TPSA) is 66.1 Å². The van der Waals surface area contributed by atoms with Crippen LogP contribution in [0.4, 0.5) is 0 Å². The van der Waals surface area contributed by atoms with E-state index in [0.29, 0.717) is 36.8 Å². The highest BCUT2D eigenvalue weighted by Crippen LogP contribution is 2.48. The highest BCUT2D eigenvalue weighted by Gasteiger charge is 2.46. The summed E-state index contributed by atoms with van der Waals surface area (Å²) in [5.41, 5.74) is 4.55. The maximum Gasteiger partial charge on any atom is 0.256 e. The monoisotopic (exact) mass is 385 g/mol. The summed E-state index contributed by atoms with van der Waals surface area (Å²) in [4.78, 5) is 35.2. The lowest BCUT2D eigenvalue weighted by Crippen LogP contribution is -2.40. The van der Waals surface area contributed by atoms with E-state index < -0.39 is 0 Å². The number of H-pyrrole nitrogens is 1. The maximum absolute atomic E-state index is 13.0. The molecular formula is C24H23N3O2. The molecular weight excluding hydrogens is 362 g/mol. The lowest BCUT2D eigenvalue weighted by molar-refractivity contribution is -0.133. The number of nitrogens with one attached hydrogen (secondary N) is 1. The second kappa shape index (κ2) is 6.99. The van der Waals surface area contributed by atoms with Gasteiger partial charge in [0.2, 0.25) is 5.91 Å². The number of carbonyl (C=O) groups is 1. The van der Waals surface area contributed by atoms with Crippen molar-refractivity contribution in [2.45, 2.75) is 32.2 Å². The lowest BCUT2D eigenvalue weighted by atomic mass is 10.0. The van der Waals surface area contributed by atoms with Gasteiger partial charge in [0, 0.05) is 24.4 Å². The molecule has 146 valence electrons. The van der Waals surface area contributed by atoms with Gasteiger partial charge < -0.3 is 9.88 Å². The molecule has 0 unspecified atom stereocenters. The van der Waals surface area contributed by atoms with Crippen molar-refractivity contribution in [2.24, 2.45) is 5.92 Å². The number of benzene rings is 2. The minimum absolute atomic E-state index is 0.0394. The minimum atomic E-state index is -0.139. The van der Waals surface area contributed by atoms with Crippen LogP contribution in [-0.4, -0.2) is 27.3 Å². The molecule has 1 aromatic heterocycles. The van der Waals surface area contributed by atoms with E-state index in [4.69, 9.17) is 4.98 Å². The Morgan fingerprint density at radius 2 is 1.97 bits per heavy atom. The number of fused-ring (bicyclic) bond motifs is 1. The van der Waals surface area contributed by atoms with Crippen molar-refractivity contribution in [1.29, 1.82) is 0 Å². The first kappa shape index (κ1) is 17.9. The molecule has 2 aromatic carbocycles. The second-order valence-corrected chi connectivity index (χ2v) is 8.08. The van der Waals surface area contributed by atoms with E-state index in [1.807, 2.05) is 54.3 Å². The Bertz CT molecular complexity index is 1140. The Hall–Kier alpha value is -3.21. The molecule has 3 aromatic rings. The zero-order valence-electron chi connectivity index (χ0n) is 16.4. The summed E-state index contributed by atoms with van der Waals surface area (Å²) in [5.74, 6) is 1.11. The Balaban J connectivity index is 1.35. The van der Waals surface area contributed by atoms with E-state index >= 15 is 0 Å². The minimum Gasteiger partial charge on any atom is -0.337 e. The average Bonchev–Trinajstić information content (AvgIpc) is 3.54. The molecule has 2 aliphatic rings. The third-order valence-corrected chi connectivity index (χ3v) is 6.01. The van der Waals surface area contributed by atoms with Crippen LogP contribution >= 0.6 is 0 Å². The van der Waals surface area contributed by atoms with Crippen molar-refractivity contribution >= 4 is 5.91 Å². The summed E-state index contributed by atoms with van der Waals surface area (Å²) in [6.45, 7) is 2.99. The Morgan fingerprint density at radius 1 is 1.14 bits per heavy atom. The van der Waals surface area contributed by atoms with Crippen molar-refractivity contribution in [1.82, 2.24) is 14.9 Å². The highest BCUT2D eigenvalue weighted by molar-refractivity contribution is 5.83. The molecule has 5 nitrogen and oxygen atoms in total. The number of aromatic amines is 1. The second-order valence-electron chi connectivity index (χ2n) is 8.08. The standard InChI is InChI=1S/C24H23N3O2/c1-15-6-5-9-17(12-15)22-25-21-10-11-27(14-20(21)23(28)26-22)24(29)19-13-18(19)16-7-3-2-4-8-16/h2-9,12,18-19H,10-11,13-14H2,1H3,(H,25,26,28)/t18-,19-/m0/s1. The van der Waals surface area contributed by atoms with Crippen LogP contribution in [0, 0.1) is 12.8 Å². The van der Waals surface area contributed by atoms with Gasteiger partial charge in [0.05, 0.1) is 17.8 Å².